The molecule has 2 aromatic carbocycles. The van der Waals surface area contributed by atoms with Crippen molar-refractivity contribution in [3.05, 3.63) is 64.2 Å². The number of carbonyl (C=O) groups excluding carboxylic acids is 1. The van der Waals surface area contributed by atoms with Crippen molar-refractivity contribution >= 4 is 15.9 Å². The minimum atomic E-state index is -3.13. The summed E-state index contributed by atoms with van der Waals surface area (Å²) in [4.78, 5) is 17.1. The lowest BCUT2D eigenvalue weighted by Crippen LogP contribution is -2.39. The first kappa shape index (κ1) is 22.4. The van der Waals surface area contributed by atoms with Crippen LogP contribution in [0.4, 0.5) is 0 Å². The van der Waals surface area contributed by atoms with E-state index >= 15 is 0 Å². The van der Waals surface area contributed by atoms with Crippen molar-refractivity contribution in [1.29, 1.82) is 0 Å². The molecule has 5 rings (SSSR count). The lowest BCUT2D eigenvalue weighted by Gasteiger charge is -2.30. The minimum Gasteiger partial charge on any atom is -0.492 e. The van der Waals surface area contributed by atoms with Crippen LogP contribution < -0.4 is 4.74 Å². The van der Waals surface area contributed by atoms with Gasteiger partial charge < -0.3 is 9.64 Å². The highest BCUT2D eigenvalue weighted by atomic mass is 32.2. The fraction of sp³-hybridized carbons (Fsp3) is 0.480. The Morgan fingerprint density at radius 1 is 1.00 bits per heavy atom. The van der Waals surface area contributed by atoms with E-state index in [4.69, 9.17) is 4.74 Å². The van der Waals surface area contributed by atoms with Crippen LogP contribution in [-0.4, -0.2) is 61.4 Å². The smallest absolute Gasteiger partial charge is 0.258 e. The molecule has 0 radical (unpaired) electrons. The van der Waals surface area contributed by atoms with Crippen LogP contribution in [0.3, 0.4) is 0 Å². The van der Waals surface area contributed by atoms with Crippen molar-refractivity contribution in [3.63, 3.8) is 0 Å². The number of hydrogen-bond acceptors (Lipinski definition) is 5. The molecule has 1 fully saturated rings. The molecule has 3 aliphatic rings. The average molecular weight is 470 g/mol. The Morgan fingerprint density at radius 3 is 2.30 bits per heavy atom. The van der Waals surface area contributed by atoms with E-state index in [0.29, 0.717) is 37.6 Å². The molecule has 3 heterocycles. The second-order valence-corrected chi connectivity index (χ2v) is 11.6. The van der Waals surface area contributed by atoms with Gasteiger partial charge in [0.05, 0.1) is 18.4 Å². The highest BCUT2D eigenvalue weighted by molar-refractivity contribution is 7.88. The number of fused-ring (bicyclic) bond motifs is 2. The molecule has 0 N–H and O–H groups in total. The fourth-order valence-electron chi connectivity index (χ4n) is 5.22. The number of rotatable bonds is 6. The first-order chi connectivity index (χ1) is 15.8. The lowest BCUT2D eigenvalue weighted by atomic mass is 9.99. The van der Waals surface area contributed by atoms with Crippen LogP contribution >= 0.6 is 0 Å². The monoisotopic (exact) mass is 469 g/mol. The van der Waals surface area contributed by atoms with Gasteiger partial charge >= 0.3 is 0 Å². The summed E-state index contributed by atoms with van der Waals surface area (Å²) < 4.78 is 31.2. The second-order valence-electron chi connectivity index (χ2n) is 9.57. The Bertz CT molecular complexity index is 1150. The number of carbonyl (C=O) groups is 1. The van der Waals surface area contributed by atoms with E-state index in [2.05, 4.69) is 35.2 Å². The van der Waals surface area contributed by atoms with Gasteiger partial charge in [-0.05, 0) is 47.1 Å². The van der Waals surface area contributed by atoms with E-state index in [-0.39, 0.29) is 11.8 Å². The molecule has 7 nitrogen and oxygen atoms in total. The summed E-state index contributed by atoms with van der Waals surface area (Å²) in [6.45, 7) is 4.84. The number of amides is 1. The number of benzene rings is 2. The molecule has 0 atom stereocenters. The second kappa shape index (κ2) is 8.74. The first-order valence-corrected chi connectivity index (χ1v) is 13.4. The van der Waals surface area contributed by atoms with Gasteiger partial charge in [-0.2, -0.15) is 0 Å². The Hall–Kier alpha value is -2.42. The highest BCUT2D eigenvalue weighted by Crippen LogP contribution is 2.35. The molecule has 2 aromatic rings. The van der Waals surface area contributed by atoms with Gasteiger partial charge in [0.1, 0.15) is 5.75 Å². The van der Waals surface area contributed by atoms with Crippen LogP contribution in [0.25, 0.3) is 0 Å². The summed E-state index contributed by atoms with van der Waals surface area (Å²) in [5.74, 6) is 0.951. The summed E-state index contributed by atoms with van der Waals surface area (Å²) in [5, 5.41) is 0. The topological polar surface area (TPSA) is 70.2 Å². The predicted molar refractivity (Wildman–Crippen MR) is 126 cm³/mol. The van der Waals surface area contributed by atoms with Crippen molar-refractivity contribution < 1.29 is 17.9 Å². The molecule has 0 aromatic heterocycles. The van der Waals surface area contributed by atoms with E-state index < -0.39 is 10.0 Å². The molecule has 3 aliphatic heterocycles. The third-order valence-electron chi connectivity index (χ3n) is 7.14. The quantitative estimate of drug-likeness (QED) is 0.651. The van der Waals surface area contributed by atoms with Crippen molar-refractivity contribution in [1.82, 2.24) is 14.1 Å². The molecule has 1 amide bonds. The Balaban J connectivity index is 1.28. The van der Waals surface area contributed by atoms with Crippen LogP contribution in [0.2, 0.25) is 0 Å². The van der Waals surface area contributed by atoms with E-state index in [1.807, 2.05) is 13.1 Å². The molecule has 1 saturated heterocycles. The number of hydrogen-bond donors (Lipinski definition) is 0. The van der Waals surface area contributed by atoms with Gasteiger partial charge in [-0.15, -0.1) is 0 Å². The largest absolute Gasteiger partial charge is 0.492 e. The summed E-state index contributed by atoms with van der Waals surface area (Å²) in [6.07, 6.45) is 2.81. The average Bonchev–Trinajstić information content (AvgIpc) is 3.33. The SMILES string of the molecule is CN1Cc2c(CN3Cc4ccccc4C3)ccc(OCC3CCN(S(C)(=O)=O)CC3)c2C1=O. The maximum absolute atomic E-state index is 12.9. The molecule has 176 valence electrons. The van der Waals surface area contributed by atoms with Gasteiger partial charge in [-0.3, -0.25) is 9.69 Å². The Morgan fingerprint density at radius 2 is 1.67 bits per heavy atom. The number of nitrogens with zero attached hydrogens (tertiary/aromatic N) is 3. The van der Waals surface area contributed by atoms with Crippen LogP contribution in [-0.2, 0) is 36.2 Å². The molecule has 0 spiro atoms. The first-order valence-electron chi connectivity index (χ1n) is 11.6. The van der Waals surface area contributed by atoms with Crippen molar-refractivity contribution in [2.24, 2.45) is 5.92 Å². The zero-order valence-corrected chi connectivity index (χ0v) is 20.1. The maximum Gasteiger partial charge on any atom is 0.258 e. The van der Waals surface area contributed by atoms with Gasteiger partial charge in [0.15, 0.2) is 0 Å². The van der Waals surface area contributed by atoms with Crippen molar-refractivity contribution in [2.45, 2.75) is 39.0 Å². The summed E-state index contributed by atoms with van der Waals surface area (Å²) >= 11 is 0. The molecule has 0 saturated carbocycles. The van der Waals surface area contributed by atoms with Crippen LogP contribution in [0.15, 0.2) is 36.4 Å². The number of sulfonamides is 1. The van der Waals surface area contributed by atoms with Gasteiger partial charge in [0.2, 0.25) is 10.0 Å². The fourth-order valence-corrected chi connectivity index (χ4v) is 6.10. The zero-order chi connectivity index (χ0) is 23.2. The predicted octanol–water partition coefficient (Wildman–Crippen LogP) is 2.84. The molecule has 0 aliphatic carbocycles. The van der Waals surface area contributed by atoms with Crippen LogP contribution in [0.1, 0.15) is 45.5 Å². The van der Waals surface area contributed by atoms with Crippen LogP contribution in [0, 0.1) is 5.92 Å². The molecule has 0 unspecified atom stereocenters. The number of piperidine rings is 1. The highest BCUT2D eigenvalue weighted by Gasteiger charge is 2.32. The van der Waals surface area contributed by atoms with E-state index in [1.54, 1.807) is 4.90 Å². The van der Waals surface area contributed by atoms with E-state index in [1.165, 1.54) is 27.3 Å². The van der Waals surface area contributed by atoms with Gasteiger partial charge in [-0.25, -0.2) is 12.7 Å². The molecular weight excluding hydrogens is 438 g/mol. The Kier molecular flexibility index (Phi) is 5.93. The molecular formula is C25H31N3O4S. The van der Waals surface area contributed by atoms with E-state index in [0.717, 1.165) is 38.0 Å². The third-order valence-corrected chi connectivity index (χ3v) is 8.45. The normalized spacial score (nSPS) is 19.7. The minimum absolute atomic E-state index is 0.0125. The van der Waals surface area contributed by atoms with Gasteiger partial charge in [0.25, 0.3) is 5.91 Å². The van der Waals surface area contributed by atoms with E-state index in [9.17, 15) is 13.2 Å². The zero-order valence-electron chi connectivity index (χ0n) is 19.3. The standard InChI is InChI=1S/C25H31N3O4S/c1-26-16-22-21(15-27-13-19-5-3-4-6-20(19)14-27)7-8-23(24(22)25(26)29)32-17-18-9-11-28(12-10-18)33(2,30)31/h3-8,18H,9-17H2,1-2H3. The maximum atomic E-state index is 12.9. The van der Waals surface area contributed by atoms with Gasteiger partial charge in [-0.1, -0.05) is 30.3 Å². The third kappa shape index (κ3) is 4.52. The van der Waals surface area contributed by atoms with Crippen LogP contribution in [0.5, 0.6) is 5.75 Å². The summed E-state index contributed by atoms with van der Waals surface area (Å²) in [7, 11) is -1.30. The van der Waals surface area contributed by atoms with Gasteiger partial charge in [0, 0.05) is 46.3 Å². The number of ether oxygens (including phenoxy) is 1. The van der Waals surface area contributed by atoms with Crippen molar-refractivity contribution in [3.8, 4) is 5.75 Å². The Labute approximate surface area is 196 Å². The lowest BCUT2D eigenvalue weighted by molar-refractivity contribution is 0.0811. The van der Waals surface area contributed by atoms with Crippen molar-refractivity contribution in [2.75, 3.05) is 33.0 Å². The summed E-state index contributed by atoms with van der Waals surface area (Å²) in [6, 6.07) is 12.6. The molecule has 33 heavy (non-hydrogen) atoms. The molecule has 8 heteroatoms. The summed E-state index contributed by atoms with van der Waals surface area (Å²) in [5.41, 5.74) is 5.71. The molecule has 0 bridgehead atoms.